The summed E-state index contributed by atoms with van der Waals surface area (Å²) in [5.74, 6) is 0. The van der Waals surface area contributed by atoms with Gasteiger partial charge in [0.2, 0.25) is 0 Å². The number of aryl methyl sites for hydroxylation is 2. The van der Waals surface area contributed by atoms with Crippen LogP contribution >= 0.6 is 15.9 Å². The van der Waals surface area contributed by atoms with E-state index in [2.05, 4.69) is 21.0 Å². The predicted molar refractivity (Wildman–Crippen MR) is 71.9 cm³/mol. The minimum Gasteiger partial charge on any atom is -0.372 e. The molecule has 1 aromatic rings. The molecule has 0 radical (unpaired) electrons. The second-order valence-corrected chi connectivity index (χ2v) is 5.69. The molecule has 96 valence electrons. The molecule has 4 heteroatoms. The van der Waals surface area contributed by atoms with Crippen molar-refractivity contribution in [2.45, 2.75) is 58.2 Å². The van der Waals surface area contributed by atoms with Gasteiger partial charge in [0.25, 0.3) is 0 Å². The average molecular weight is 301 g/mol. The first kappa shape index (κ1) is 13.1. The van der Waals surface area contributed by atoms with E-state index < -0.39 is 0 Å². The van der Waals surface area contributed by atoms with Gasteiger partial charge < -0.3 is 4.74 Å². The molecule has 0 amide bonds. The van der Waals surface area contributed by atoms with Crippen molar-refractivity contribution in [2.24, 2.45) is 7.05 Å². The third-order valence-corrected chi connectivity index (χ3v) is 4.55. The zero-order valence-corrected chi connectivity index (χ0v) is 12.3. The Kier molecular flexibility index (Phi) is 4.62. The number of hydrogen-bond donors (Lipinski definition) is 0. The fraction of sp³-hybridized carbons (Fsp3) is 0.769. The molecular weight excluding hydrogens is 280 g/mol. The molecule has 1 aliphatic carbocycles. The zero-order chi connectivity index (χ0) is 12.3. The van der Waals surface area contributed by atoms with Crippen LogP contribution in [-0.2, 0) is 18.4 Å². The van der Waals surface area contributed by atoms with Crippen LogP contribution in [-0.4, -0.2) is 15.9 Å². The van der Waals surface area contributed by atoms with Crippen LogP contribution in [0.5, 0.6) is 0 Å². The largest absolute Gasteiger partial charge is 0.372 e. The molecule has 1 aliphatic rings. The molecule has 0 atom stereocenters. The van der Waals surface area contributed by atoms with Gasteiger partial charge in [-0.25, -0.2) is 0 Å². The van der Waals surface area contributed by atoms with Crippen molar-refractivity contribution in [3.05, 3.63) is 15.9 Å². The molecule has 1 heterocycles. The Hall–Kier alpha value is -0.350. The van der Waals surface area contributed by atoms with Gasteiger partial charge in [-0.2, -0.15) is 5.10 Å². The van der Waals surface area contributed by atoms with Crippen molar-refractivity contribution in [1.29, 1.82) is 0 Å². The maximum atomic E-state index is 6.03. The van der Waals surface area contributed by atoms with E-state index in [-0.39, 0.29) is 0 Å². The van der Waals surface area contributed by atoms with E-state index >= 15 is 0 Å². The van der Waals surface area contributed by atoms with E-state index in [1.807, 2.05) is 18.7 Å². The number of hydrogen-bond acceptors (Lipinski definition) is 2. The van der Waals surface area contributed by atoms with Crippen molar-refractivity contribution in [3.8, 4) is 0 Å². The first-order chi connectivity index (χ1) is 8.18. The first-order valence-electron chi connectivity index (χ1n) is 6.48. The molecule has 1 saturated carbocycles. The van der Waals surface area contributed by atoms with Crippen LogP contribution in [0.1, 0.15) is 49.9 Å². The lowest BCUT2D eigenvalue weighted by Crippen LogP contribution is -2.13. The molecular formula is C13H21BrN2O. The molecule has 0 spiro atoms. The SMILES string of the molecule is Cc1nn(C)c(COC2CCCCCC2)c1Br. The van der Waals surface area contributed by atoms with Crippen LogP contribution in [0.15, 0.2) is 4.47 Å². The molecule has 0 bridgehead atoms. The highest BCUT2D eigenvalue weighted by atomic mass is 79.9. The summed E-state index contributed by atoms with van der Waals surface area (Å²) in [6.45, 7) is 2.68. The van der Waals surface area contributed by atoms with Crippen molar-refractivity contribution in [1.82, 2.24) is 9.78 Å². The van der Waals surface area contributed by atoms with Crippen molar-refractivity contribution < 1.29 is 4.74 Å². The molecule has 0 unspecified atom stereocenters. The van der Waals surface area contributed by atoms with Crippen molar-refractivity contribution in [3.63, 3.8) is 0 Å². The summed E-state index contributed by atoms with van der Waals surface area (Å²) in [7, 11) is 1.98. The zero-order valence-electron chi connectivity index (χ0n) is 10.7. The second-order valence-electron chi connectivity index (χ2n) is 4.89. The minimum absolute atomic E-state index is 0.444. The van der Waals surface area contributed by atoms with Gasteiger partial charge in [-0.3, -0.25) is 4.68 Å². The summed E-state index contributed by atoms with van der Waals surface area (Å²) >= 11 is 3.58. The highest BCUT2D eigenvalue weighted by Crippen LogP contribution is 2.24. The lowest BCUT2D eigenvalue weighted by Gasteiger charge is -2.15. The molecule has 0 aliphatic heterocycles. The van der Waals surface area contributed by atoms with E-state index in [0.717, 1.165) is 15.9 Å². The summed E-state index contributed by atoms with van der Waals surface area (Å²) in [5, 5.41) is 4.38. The lowest BCUT2D eigenvalue weighted by molar-refractivity contribution is 0.0274. The van der Waals surface area contributed by atoms with Gasteiger partial charge in [-0.05, 0) is 35.7 Å². The maximum absolute atomic E-state index is 6.03. The topological polar surface area (TPSA) is 27.1 Å². The van der Waals surface area contributed by atoms with E-state index in [1.165, 1.54) is 38.5 Å². The number of nitrogens with zero attached hydrogens (tertiary/aromatic N) is 2. The highest BCUT2D eigenvalue weighted by molar-refractivity contribution is 9.10. The standard InChI is InChI=1S/C13H21BrN2O/c1-10-13(14)12(16(2)15-10)9-17-11-7-5-3-4-6-8-11/h11H,3-9H2,1-2H3. The molecule has 0 N–H and O–H groups in total. The van der Waals surface area contributed by atoms with E-state index in [4.69, 9.17) is 4.74 Å². The third kappa shape index (κ3) is 3.32. The number of aromatic nitrogens is 2. The van der Waals surface area contributed by atoms with Crippen LogP contribution in [0.2, 0.25) is 0 Å². The molecule has 3 nitrogen and oxygen atoms in total. The third-order valence-electron chi connectivity index (χ3n) is 3.52. The van der Waals surface area contributed by atoms with E-state index in [9.17, 15) is 0 Å². The molecule has 0 saturated heterocycles. The van der Waals surface area contributed by atoms with Gasteiger partial charge in [0.15, 0.2) is 0 Å². The fourth-order valence-corrected chi connectivity index (χ4v) is 2.89. The van der Waals surface area contributed by atoms with Gasteiger partial charge >= 0.3 is 0 Å². The van der Waals surface area contributed by atoms with Gasteiger partial charge in [-0.1, -0.05) is 25.7 Å². The summed E-state index contributed by atoms with van der Waals surface area (Å²) < 4.78 is 9.04. The molecule has 2 rings (SSSR count). The Balaban J connectivity index is 1.92. The highest BCUT2D eigenvalue weighted by Gasteiger charge is 2.16. The summed E-state index contributed by atoms with van der Waals surface area (Å²) in [4.78, 5) is 0. The Labute approximate surface area is 112 Å². The lowest BCUT2D eigenvalue weighted by atomic mass is 10.1. The molecule has 1 fully saturated rings. The van der Waals surface area contributed by atoms with Gasteiger partial charge in [0, 0.05) is 7.05 Å². The minimum atomic E-state index is 0.444. The van der Waals surface area contributed by atoms with Crippen LogP contribution < -0.4 is 0 Å². The van der Waals surface area contributed by atoms with Gasteiger partial charge in [0.1, 0.15) is 0 Å². The van der Waals surface area contributed by atoms with Crippen molar-refractivity contribution >= 4 is 15.9 Å². The Morgan fingerprint density at radius 1 is 1.29 bits per heavy atom. The summed E-state index contributed by atoms with van der Waals surface area (Å²) in [6.07, 6.45) is 8.25. The normalized spacial score (nSPS) is 18.3. The van der Waals surface area contributed by atoms with Gasteiger partial charge in [0.05, 0.1) is 28.6 Å². The fourth-order valence-electron chi connectivity index (χ4n) is 2.44. The summed E-state index contributed by atoms with van der Waals surface area (Å²) in [5.41, 5.74) is 2.18. The second kappa shape index (κ2) is 6.01. The van der Waals surface area contributed by atoms with E-state index in [0.29, 0.717) is 12.7 Å². The quantitative estimate of drug-likeness (QED) is 0.795. The molecule has 17 heavy (non-hydrogen) atoms. The Morgan fingerprint density at radius 2 is 1.94 bits per heavy atom. The number of ether oxygens (including phenoxy) is 1. The Bertz CT molecular complexity index is 368. The Morgan fingerprint density at radius 3 is 2.47 bits per heavy atom. The van der Waals surface area contributed by atoms with Crippen LogP contribution in [0.3, 0.4) is 0 Å². The first-order valence-corrected chi connectivity index (χ1v) is 7.27. The summed E-state index contributed by atoms with van der Waals surface area (Å²) in [6, 6.07) is 0. The van der Waals surface area contributed by atoms with Crippen molar-refractivity contribution in [2.75, 3.05) is 0 Å². The van der Waals surface area contributed by atoms with E-state index in [1.54, 1.807) is 0 Å². The number of halogens is 1. The maximum Gasteiger partial charge on any atom is 0.0900 e. The van der Waals surface area contributed by atoms with Crippen LogP contribution in [0.25, 0.3) is 0 Å². The number of rotatable bonds is 3. The monoisotopic (exact) mass is 300 g/mol. The average Bonchev–Trinajstić information content (AvgIpc) is 2.53. The smallest absolute Gasteiger partial charge is 0.0900 e. The van der Waals surface area contributed by atoms with Crippen LogP contribution in [0, 0.1) is 6.92 Å². The van der Waals surface area contributed by atoms with Crippen LogP contribution in [0.4, 0.5) is 0 Å². The predicted octanol–water partition coefficient (Wildman–Crippen LogP) is 3.73. The molecule has 1 aromatic heterocycles. The van der Waals surface area contributed by atoms with Gasteiger partial charge in [-0.15, -0.1) is 0 Å². The molecule has 0 aromatic carbocycles.